The SMILES string of the molecule is C=CCOC(=O)C1=C(C)N=c2s/c(=C\c3cccc(OC)c3OC)c(=O)n2[C@H]1c1ccccc1. The van der Waals surface area contributed by atoms with E-state index in [0.717, 1.165) is 5.56 Å². The van der Waals surface area contributed by atoms with Gasteiger partial charge in [-0.15, -0.1) is 0 Å². The van der Waals surface area contributed by atoms with Crippen molar-refractivity contribution >= 4 is 23.4 Å². The monoisotopic (exact) mass is 476 g/mol. The fourth-order valence-corrected chi connectivity index (χ4v) is 4.95. The molecule has 0 N–H and O–H groups in total. The van der Waals surface area contributed by atoms with Crippen LogP contribution in [0.2, 0.25) is 0 Å². The molecule has 7 nitrogen and oxygen atoms in total. The number of allylic oxidation sites excluding steroid dienone is 1. The quantitative estimate of drug-likeness (QED) is 0.387. The van der Waals surface area contributed by atoms with Crippen molar-refractivity contribution in [2.75, 3.05) is 20.8 Å². The van der Waals surface area contributed by atoms with Gasteiger partial charge in [0.15, 0.2) is 16.3 Å². The van der Waals surface area contributed by atoms with Crippen molar-refractivity contribution in [3.8, 4) is 11.5 Å². The van der Waals surface area contributed by atoms with Gasteiger partial charge in [0.05, 0.1) is 36.1 Å². The summed E-state index contributed by atoms with van der Waals surface area (Å²) in [5.41, 5.74) is 2.06. The van der Waals surface area contributed by atoms with Crippen molar-refractivity contribution in [3.05, 3.63) is 103 Å². The molecule has 1 aliphatic heterocycles. The molecule has 2 aromatic carbocycles. The van der Waals surface area contributed by atoms with Gasteiger partial charge in [0.25, 0.3) is 5.56 Å². The van der Waals surface area contributed by atoms with Gasteiger partial charge in [-0.25, -0.2) is 9.79 Å². The minimum Gasteiger partial charge on any atom is -0.493 e. The molecule has 1 aliphatic rings. The van der Waals surface area contributed by atoms with Crippen LogP contribution >= 0.6 is 11.3 Å². The molecular weight excluding hydrogens is 452 g/mol. The molecule has 0 fully saturated rings. The first kappa shape index (κ1) is 23.3. The second-order valence-corrected chi connectivity index (χ2v) is 8.47. The molecular formula is C26H24N2O5S. The predicted molar refractivity (Wildman–Crippen MR) is 131 cm³/mol. The van der Waals surface area contributed by atoms with Gasteiger partial charge in [-0.1, -0.05) is 66.5 Å². The Morgan fingerprint density at radius 3 is 2.59 bits per heavy atom. The lowest BCUT2D eigenvalue weighted by atomic mass is 9.96. The van der Waals surface area contributed by atoms with Crippen molar-refractivity contribution in [3.63, 3.8) is 0 Å². The van der Waals surface area contributed by atoms with E-state index in [1.54, 1.807) is 37.9 Å². The molecule has 0 saturated carbocycles. The molecule has 0 unspecified atom stereocenters. The molecule has 34 heavy (non-hydrogen) atoms. The standard InChI is InChI=1S/C26H24N2O5S/c1-5-14-33-25(30)21-16(2)27-26-28(22(21)17-10-7-6-8-11-17)24(29)20(34-26)15-18-12-9-13-19(31-3)23(18)32-4/h5-13,15,22H,1,14H2,2-4H3/b20-15-/t22-/m0/s1. The minimum absolute atomic E-state index is 0.0666. The largest absolute Gasteiger partial charge is 0.493 e. The zero-order valence-electron chi connectivity index (χ0n) is 19.1. The molecule has 0 saturated heterocycles. The lowest BCUT2D eigenvalue weighted by Gasteiger charge is -2.24. The van der Waals surface area contributed by atoms with Crippen LogP contribution in [-0.4, -0.2) is 31.4 Å². The molecule has 2 heterocycles. The summed E-state index contributed by atoms with van der Waals surface area (Å²) in [4.78, 5) is 31.7. The fourth-order valence-electron chi connectivity index (χ4n) is 3.91. The van der Waals surface area contributed by atoms with Gasteiger partial charge in [-0.3, -0.25) is 9.36 Å². The Bertz CT molecular complexity index is 1450. The number of carbonyl (C=O) groups excluding carboxylic acids is 1. The number of rotatable bonds is 7. The van der Waals surface area contributed by atoms with Gasteiger partial charge in [-0.05, 0) is 24.6 Å². The molecule has 0 spiro atoms. The van der Waals surface area contributed by atoms with Crippen LogP contribution < -0.4 is 24.4 Å². The fraction of sp³-hybridized carbons (Fsp3) is 0.192. The molecule has 3 aromatic rings. The zero-order chi connectivity index (χ0) is 24.2. The number of hydrogen-bond donors (Lipinski definition) is 0. The number of benzene rings is 2. The summed E-state index contributed by atoms with van der Waals surface area (Å²) in [6, 6.07) is 14.2. The Morgan fingerprint density at radius 1 is 1.15 bits per heavy atom. The van der Waals surface area contributed by atoms with E-state index >= 15 is 0 Å². The normalized spacial score (nSPS) is 15.4. The van der Waals surface area contributed by atoms with E-state index < -0.39 is 12.0 Å². The summed E-state index contributed by atoms with van der Waals surface area (Å²) in [6.07, 6.45) is 3.25. The maximum atomic E-state index is 13.7. The second kappa shape index (κ2) is 9.93. The summed E-state index contributed by atoms with van der Waals surface area (Å²) < 4.78 is 18.2. The highest BCUT2D eigenvalue weighted by molar-refractivity contribution is 7.07. The third-order valence-corrected chi connectivity index (χ3v) is 6.39. The van der Waals surface area contributed by atoms with Gasteiger partial charge in [0, 0.05) is 5.56 Å². The summed E-state index contributed by atoms with van der Waals surface area (Å²) in [6.45, 7) is 5.42. The number of methoxy groups -OCH3 is 2. The zero-order valence-corrected chi connectivity index (χ0v) is 19.9. The van der Waals surface area contributed by atoms with Crippen LogP contribution in [-0.2, 0) is 9.53 Å². The number of para-hydroxylation sites is 1. The summed E-state index contributed by atoms with van der Waals surface area (Å²) in [5.74, 6) is 0.563. The van der Waals surface area contributed by atoms with Crippen molar-refractivity contribution in [2.45, 2.75) is 13.0 Å². The van der Waals surface area contributed by atoms with Crippen molar-refractivity contribution < 1.29 is 19.0 Å². The van der Waals surface area contributed by atoms with Crippen molar-refractivity contribution in [2.24, 2.45) is 4.99 Å². The number of fused-ring (bicyclic) bond motifs is 1. The van der Waals surface area contributed by atoms with Crippen molar-refractivity contribution in [1.82, 2.24) is 4.57 Å². The van der Waals surface area contributed by atoms with Gasteiger partial charge < -0.3 is 14.2 Å². The average Bonchev–Trinajstić information content (AvgIpc) is 3.16. The highest BCUT2D eigenvalue weighted by Crippen LogP contribution is 2.32. The maximum Gasteiger partial charge on any atom is 0.338 e. The molecule has 0 radical (unpaired) electrons. The first-order chi connectivity index (χ1) is 16.5. The maximum absolute atomic E-state index is 13.7. The molecule has 174 valence electrons. The topological polar surface area (TPSA) is 79.1 Å². The smallest absolute Gasteiger partial charge is 0.338 e. The number of aromatic nitrogens is 1. The molecule has 1 atom stereocenters. The Hall–Kier alpha value is -3.91. The van der Waals surface area contributed by atoms with E-state index in [1.165, 1.54) is 17.4 Å². The second-order valence-electron chi connectivity index (χ2n) is 7.46. The van der Waals surface area contributed by atoms with E-state index in [-0.39, 0.29) is 12.2 Å². The number of carbonyl (C=O) groups is 1. The van der Waals surface area contributed by atoms with E-state index in [4.69, 9.17) is 14.2 Å². The minimum atomic E-state index is -0.663. The number of nitrogens with zero attached hydrogens (tertiary/aromatic N) is 2. The molecule has 0 aliphatic carbocycles. The van der Waals surface area contributed by atoms with Crippen LogP contribution in [0, 0.1) is 0 Å². The van der Waals surface area contributed by atoms with Crippen LogP contribution in [0.4, 0.5) is 0 Å². The third kappa shape index (κ3) is 4.20. The van der Waals surface area contributed by atoms with E-state index in [2.05, 4.69) is 11.6 Å². The van der Waals surface area contributed by atoms with Crippen LogP contribution in [0.3, 0.4) is 0 Å². The Balaban J connectivity index is 1.94. The summed E-state index contributed by atoms with van der Waals surface area (Å²) in [5, 5.41) is 0. The first-order valence-corrected chi connectivity index (χ1v) is 11.4. The van der Waals surface area contributed by atoms with Crippen LogP contribution in [0.1, 0.15) is 24.1 Å². The first-order valence-electron chi connectivity index (χ1n) is 10.6. The van der Waals surface area contributed by atoms with Crippen LogP contribution in [0.15, 0.2) is 82.2 Å². The highest BCUT2D eigenvalue weighted by Gasteiger charge is 2.33. The Morgan fingerprint density at radius 2 is 1.91 bits per heavy atom. The Kier molecular flexibility index (Phi) is 6.79. The lowest BCUT2D eigenvalue weighted by molar-refractivity contribution is -0.138. The van der Waals surface area contributed by atoms with Gasteiger partial charge in [-0.2, -0.15) is 0 Å². The number of esters is 1. The number of ether oxygens (including phenoxy) is 3. The summed E-state index contributed by atoms with van der Waals surface area (Å²) >= 11 is 1.25. The van der Waals surface area contributed by atoms with Crippen molar-refractivity contribution in [1.29, 1.82) is 0 Å². The van der Waals surface area contributed by atoms with Crippen LogP contribution in [0.5, 0.6) is 11.5 Å². The van der Waals surface area contributed by atoms with E-state index in [0.29, 0.717) is 37.7 Å². The van der Waals surface area contributed by atoms with E-state index in [9.17, 15) is 9.59 Å². The molecule has 4 rings (SSSR count). The summed E-state index contributed by atoms with van der Waals surface area (Å²) in [7, 11) is 3.11. The van der Waals surface area contributed by atoms with Gasteiger partial charge in [0.2, 0.25) is 0 Å². The van der Waals surface area contributed by atoms with Crippen LogP contribution in [0.25, 0.3) is 6.08 Å². The highest BCUT2D eigenvalue weighted by atomic mass is 32.1. The number of hydrogen-bond acceptors (Lipinski definition) is 7. The predicted octanol–water partition coefficient (Wildman–Crippen LogP) is 2.98. The molecule has 8 heteroatoms. The molecule has 0 amide bonds. The lowest BCUT2D eigenvalue weighted by Crippen LogP contribution is -2.39. The third-order valence-electron chi connectivity index (χ3n) is 5.41. The van der Waals surface area contributed by atoms with Gasteiger partial charge >= 0.3 is 5.97 Å². The number of thiazole rings is 1. The average molecular weight is 477 g/mol. The molecule has 0 bridgehead atoms. The van der Waals surface area contributed by atoms with Gasteiger partial charge in [0.1, 0.15) is 6.61 Å². The molecule has 1 aromatic heterocycles. The van der Waals surface area contributed by atoms with E-state index in [1.807, 2.05) is 42.5 Å². The Labute approximate surface area is 200 Å².